The summed E-state index contributed by atoms with van der Waals surface area (Å²) in [6.07, 6.45) is 2.55. The van der Waals surface area contributed by atoms with E-state index < -0.39 is 4.92 Å². The average molecular weight is 257 g/mol. The van der Waals surface area contributed by atoms with Crippen molar-refractivity contribution in [1.82, 2.24) is 9.97 Å². The van der Waals surface area contributed by atoms with Gasteiger partial charge in [-0.15, -0.1) is 0 Å². The van der Waals surface area contributed by atoms with Gasteiger partial charge < -0.3 is 4.98 Å². The monoisotopic (exact) mass is 257 g/mol. The Morgan fingerprint density at radius 1 is 1.21 bits per heavy atom. The van der Waals surface area contributed by atoms with E-state index in [1.165, 1.54) is 12.1 Å². The van der Waals surface area contributed by atoms with Gasteiger partial charge in [0.15, 0.2) is 0 Å². The molecule has 0 amide bonds. The van der Waals surface area contributed by atoms with Gasteiger partial charge in [0.25, 0.3) is 11.2 Å². The lowest BCUT2D eigenvalue weighted by Crippen LogP contribution is -2.15. The number of hydrogen-bond acceptors (Lipinski definition) is 4. The molecule has 2 aromatic rings. The highest BCUT2D eigenvalue weighted by atomic mass is 16.6. The van der Waals surface area contributed by atoms with E-state index in [1.54, 1.807) is 12.1 Å². The first-order valence-electron chi connectivity index (χ1n) is 6.02. The molecule has 1 heterocycles. The lowest BCUT2D eigenvalue weighted by atomic mass is 10.2. The second-order valence-electron chi connectivity index (χ2n) is 4.50. The zero-order chi connectivity index (χ0) is 13.4. The van der Waals surface area contributed by atoms with Gasteiger partial charge in [-0.2, -0.15) is 0 Å². The molecule has 0 unspecified atom stereocenters. The Balaban J connectivity index is 2.05. The molecule has 1 aliphatic rings. The van der Waals surface area contributed by atoms with Crippen molar-refractivity contribution in [1.29, 1.82) is 0 Å². The smallest absolute Gasteiger partial charge is 0.269 e. The maximum absolute atomic E-state index is 11.9. The number of H-pyrrole nitrogens is 1. The SMILES string of the molecule is O=c1[nH]c(-c2ccc([N+](=O)[O-])cc2)nc2c1CCC2. The number of rotatable bonds is 2. The largest absolute Gasteiger partial charge is 0.306 e. The Bertz CT molecular complexity index is 704. The Morgan fingerprint density at radius 2 is 1.95 bits per heavy atom. The highest BCUT2D eigenvalue weighted by molar-refractivity contribution is 5.57. The van der Waals surface area contributed by atoms with Gasteiger partial charge in [-0.1, -0.05) is 0 Å². The van der Waals surface area contributed by atoms with Gasteiger partial charge in [-0.3, -0.25) is 14.9 Å². The maximum atomic E-state index is 11.9. The average Bonchev–Trinajstić information content (AvgIpc) is 2.87. The minimum atomic E-state index is -0.456. The summed E-state index contributed by atoms with van der Waals surface area (Å²) >= 11 is 0. The van der Waals surface area contributed by atoms with Crippen molar-refractivity contribution in [3.63, 3.8) is 0 Å². The van der Waals surface area contributed by atoms with E-state index in [1.807, 2.05) is 0 Å². The quantitative estimate of drug-likeness (QED) is 0.656. The van der Waals surface area contributed by atoms with E-state index in [0.717, 1.165) is 30.5 Å². The molecule has 6 nitrogen and oxygen atoms in total. The zero-order valence-electron chi connectivity index (χ0n) is 10.0. The second-order valence-corrected chi connectivity index (χ2v) is 4.50. The van der Waals surface area contributed by atoms with Gasteiger partial charge in [-0.25, -0.2) is 4.98 Å². The third-order valence-electron chi connectivity index (χ3n) is 3.29. The number of fused-ring (bicyclic) bond motifs is 1. The number of aryl methyl sites for hydroxylation is 1. The number of nitro groups is 1. The van der Waals surface area contributed by atoms with Crippen LogP contribution in [0.15, 0.2) is 29.1 Å². The summed E-state index contributed by atoms with van der Waals surface area (Å²) in [5.74, 6) is 0.473. The Kier molecular flexibility index (Phi) is 2.63. The summed E-state index contributed by atoms with van der Waals surface area (Å²) in [4.78, 5) is 29.2. The Labute approximate surface area is 108 Å². The first kappa shape index (κ1) is 11.6. The number of nitro benzene ring substituents is 1. The molecule has 3 rings (SSSR count). The van der Waals surface area contributed by atoms with Crippen LogP contribution >= 0.6 is 0 Å². The molecule has 19 heavy (non-hydrogen) atoms. The summed E-state index contributed by atoms with van der Waals surface area (Å²) in [7, 11) is 0. The van der Waals surface area contributed by atoms with Crippen molar-refractivity contribution in [2.75, 3.05) is 0 Å². The molecule has 0 saturated heterocycles. The van der Waals surface area contributed by atoms with Crippen molar-refractivity contribution in [2.24, 2.45) is 0 Å². The van der Waals surface area contributed by atoms with Crippen molar-refractivity contribution in [2.45, 2.75) is 19.3 Å². The van der Waals surface area contributed by atoms with Crippen LogP contribution in [0.3, 0.4) is 0 Å². The number of benzene rings is 1. The molecule has 0 radical (unpaired) electrons. The van der Waals surface area contributed by atoms with E-state index in [-0.39, 0.29) is 11.2 Å². The second kappa shape index (κ2) is 4.31. The van der Waals surface area contributed by atoms with E-state index in [2.05, 4.69) is 9.97 Å². The minimum Gasteiger partial charge on any atom is -0.306 e. The molecule has 1 N–H and O–H groups in total. The van der Waals surface area contributed by atoms with Crippen LogP contribution in [0, 0.1) is 10.1 Å². The fraction of sp³-hybridized carbons (Fsp3) is 0.231. The van der Waals surface area contributed by atoms with E-state index in [0.29, 0.717) is 11.4 Å². The van der Waals surface area contributed by atoms with Crippen molar-refractivity contribution in [3.05, 3.63) is 56.0 Å². The summed E-state index contributed by atoms with van der Waals surface area (Å²) in [5, 5.41) is 10.6. The number of aromatic amines is 1. The molecule has 6 heteroatoms. The van der Waals surface area contributed by atoms with E-state index in [9.17, 15) is 14.9 Å². The van der Waals surface area contributed by atoms with Gasteiger partial charge in [0.1, 0.15) is 5.82 Å². The summed E-state index contributed by atoms with van der Waals surface area (Å²) in [5.41, 5.74) is 2.21. The predicted octanol–water partition coefficient (Wildman–Crippen LogP) is 1.83. The lowest BCUT2D eigenvalue weighted by Gasteiger charge is -2.03. The molecule has 0 bridgehead atoms. The van der Waals surface area contributed by atoms with Crippen LogP contribution in [0.1, 0.15) is 17.7 Å². The summed E-state index contributed by atoms with van der Waals surface area (Å²) < 4.78 is 0. The molecular weight excluding hydrogens is 246 g/mol. The van der Waals surface area contributed by atoms with Crippen molar-refractivity contribution >= 4 is 5.69 Å². The third kappa shape index (κ3) is 2.01. The van der Waals surface area contributed by atoms with Gasteiger partial charge in [-0.05, 0) is 31.4 Å². The van der Waals surface area contributed by atoms with Gasteiger partial charge in [0.05, 0.1) is 10.6 Å². The summed E-state index contributed by atoms with van der Waals surface area (Å²) in [6.45, 7) is 0. The van der Waals surface area contributed by atoms with Crippen LogP contribution in [0.2, 0.25) is 0 Å². The highest BCUT2D eigenvalue weighted by Gasteiger charge is 2.17. The van der Waals surface area contributed by atoms with Crippen molar-refractivity contribution in [3.8, 4) is 11.4 Å². The number of aromatic nitrogens is 2. The standard InChI is InChI=1S/C13H11N3O3/c17-13-10-2-1-3-11(10)14-12(15-13)8-4-6-9(7-5-8)16(18)19/h4-7H,1-3H2,(H,14,15,17). The lowest BCUT2D eigenvalue weighted by molar-refractivity contribution is -0.384. The van der Waals surface area contributed by atoms with E-state index >= 15 is 0 Å². The normalized spacial score (nSPS) is 13.3. The Hall–Kier alpha value is -2.50. The number of hydrogen-bond donors (Lipinski definition) is 1. The molecule has 0 atom stereocenters. The molecular formula is C13H11N3O3. The summed E-state index contributed by atoms with van der Waals surface area (Å²) in [6, 6.07) is 6.00. The predicted molar refractivity (Wildman–Crippen MR) is 69.0 cm³/mol. The molecule has 0 fully saturated rings. The van der Waals surface area contributed by atoms with Gasteiger partial charge in [0, 0.05) is 23.3 Å². The van der Waals surface area contributed by atoms with Crippen LogP contribution in [0.25, 0.3) is 11.4 Å². The number of nitrogens with zero attached hydrogens (tertiary/aromatic N) is 2. The molecule has 1 aromatic heterocycles. The Morgan fingerprint density at radius 3 is 2.63 bits per heavy atom. The maximum Gasteiger partial charge on any atom is 0.269 e. The van der Waals surface area contributed by atoms with Crippen LogP contribution in [-0.4, -0.2) is 14.9 Å². The van der Waals surface area contributed by atoms with Crippen LogP contribution < -0.4 is 5.56 Å². The first-order chi connectivity index (χ1) is 9.15. The van der Waals surface area contributed by atoms with Crippen LogP contribution in [0.5, 0.6) is 0 Å². The molecule has 1 aromatic carbocycles. The van der Waals surface area contributed by atoms with E-state index in [4.69, 9.17) is 0 Å². The topological polar surface area (TPSA) is 88.9 Å². The molecule has 0 aliphatic heterocycles. The van der Waals surface area contributed by atoms with Crippen molar-refractivity contribution < 1.29 is 4.92 Å². The number of nitrogens with one attached hydrogen (secondary N) is 1. The molecule has 96 valence electrons. The molecule has 1 aliphatic carbocycles. The van der Waals surface area contributed by atoms with Crippen LogP contribution in [-0.2, 0) is 12.8 Å². The highest BCUT2D eigenvalue weighted by Crippen LogP contribution is 2.22. The minimum absolute atomic E-state index is 0.0206. The molecule has 0 spiro atoms. The number of non-ortho nitro benzene ring substituents is 1. The first-order valence-corrected chi connectivity index (χ1v) is 6.02. The fourth-order valence-corrected chi connectivity index (χ4v) is 2.32. The third-order valence-corrected chi connectivity index (χ3v) is 3.29. The van der Waals surface area contributed by atoms with Crippen LogP contribution in [0.4, 0.5) is 5.69 Å². The van der Waals surface area contributed by atoms with Gasteiger partial charge >= 0.3 is 0 Å². The zero-order valence-corrected chi connectivity index (χ0v) is 10.0. The fourth-order valence-electron chi connectivity index (χ4n) is 2.32. The van der Waals surface area contributed by atoms with Gasteiger partial charge in [0.2, 0.25) is 0 Å². The molecule has 0 saturated carbocycles.